The largest absolute Gasteiger partial charge is 0.474 e. The smallest absolute Gasteiger partial charge is 0.415 e. The Balaban J connectivity index is 1.53. The predicted octanol–water partition coefficient (Wildman–Crippen LogP) is 6.37. The molecular formula is C29H32ClFN4O6. The van der Waals surface area contributed by atoms with Crippen LogP contribution in [-0.2, 0) is 20.6 Å². The molecule has 10 nitrogen and oxygen atoms in total. The van der Waals surface area contributed by atoms with Crippen molar-refractivity contribution in [2.45, 2.75) is 52.7 Å². The normalized spacial score (nSPS) is 18.6. The number of nitrogens with one attached hydrogen (secondary N) is 1. The predicted molar refractivity (Wildman–Crippen MR) is 152 cm³/mol. The first-order chi connectivity index (χ1) is 19.5. The Morgan fingerprint density at radius 2 is 1.98 bits per heavy atom. The lowest BCUT2D eigenvalue weighted by Gasteiger charge is -2.33. The molecule has 2 amide bonds. The molecule has 1 aromatic carbocycles. The van der Waals surface area contributed by atoms with Gasteiger partial charge in [0.25, 0.3) is 0 Å². The van der Waals surface area contributed by atoms with Gasteiger partial charge >= 0.3 is 12.2 Å². The van der Waals surface area contributed by atoms with Crippen LogP contribution in [0, 0.1) is 11.7 Å². The summed E-state index contributed by atoms with van der Waals surface area (Å²) in [6.07, 6.45) is 1.79. The zero-order chi connectivity index (χ0) is 29.5. The lowest BCUT2D eigenvalue weighted by molar-refractivity contribution is 0.0566. The third kappa shape index (κ3) is 5.87. The fourth-order valence-electron chi connectivity index (χ4n) is 4.89. The first kappa shape index (κ1) is 28.8. The third-order valence-corrected chi connectivity index (χ3v) is 7.26. The second-order valence-electron chi connectivity index (χ2n) is 11.1. The summed E-state index contributed by atoms with van der Waals surface area (Å²) in [4.78, 5) is 35.7. The second kappa shape index (κ2) is 11.3. The van der Waals surface area contributed by atoms with E-state index in [1.54, 1.807) is 32.9 Å². The van der Waals surface area contributed by atoms with Crippen LogP contribution >= 0.6 is 11.6 Å². The van der Waals surface area contributed by atoms with E-state index in [9.17, 15) is 9.59 Å². The minimum atomic E-state index is -0.708. The highest BCUT2D eigenvalue weighted by molar-refractivity contribution is 6.36. The molecule has 0 radical (unpaired) electrons. The molecule has 1 saturated heterocycles. The lowest BCUT2D eigenvalue weighted by Crippen LogP contribution is -2.42. The highest BCUT2D eigenvalue weighted by Crippen LogP contribution is 2.43. The molecule has 0 unspecified atom stereocenters. The summed E-state index contributed by atoms with van der Waals surface area (Å²) in [6, 6.07) is 3.21. The number of aromatic nitrogens is 2. The fourth-order valence-corrected chi connectivity index (χ4v) is 5.15. The van der Waals surface area contributed by atoms with E-state index in [2.05, 4.69) is 15.3 Å². The number of hydrogen-bond acceptors (Lipinski definition) is 8. The quantitative estimate of drug-likeness (QED) is 0.375. The van der Waals surface area contributed by atoms with Crippen molar-refractivity contribution in [3.05, 3.63) is 40.9 Å². The Morgan fingerprint density at radius 3 is 2.66 bits per heavy atom. The summed E-state index contributed by atoms with van der Waals surface area (Å²) in [7, 11) is 0. The highest BCUT2D eigenvalue weighted by Gasteiger charge is 2.33. The topological polar surface area (TPSA) is 112 Å². The zero-order valence-electron chi connectivity index (χ0n) is 23.5. The van der Waals surface area contributed by atoms with Gasteiger partial charge in [-0.1, -0.05) is 25.4 Å². The second-order valence-corrected chi connectivity index (χ2v) is 11.4. The van der Waals surface area contributed by atoms with E-state index < -0.39 is 23.6 Å². The standard InChI is InChI=1S/C29H32ClFN4O6/c1-6-17-20(12-33-26-25(17)35(7-8-39-26)28(37)41-29(3,4)5)18-9-16-10-22(32-11-19(16)23(30)24(18)31)34-27(36)40-21-14-38-13-15(21)2/h9-12,15,21H,6-8,13-14H2,1-5H3,(H,32,34,36)/t15-,21-/m0/s1. The summed E-state index contributed by atoms with van der Waals surface area (Å²) < 4.78 is 38.0. The average molecular weight is 587 g/mol. The van der Waals surface area contributed by atoms with Crippen LogP contribution in [0.4, 0.5) is 25.5 Å². The minimum Gasteiger partial charge on any atom is -0.474 e. The summed E-state index contributed by atoms with van der Waals surface area (Å²) in [5.41, 5.74) is 1.01. The van der Waals surface area contributed by atoms with Gasteiger partial charge in [0.1, 0.15) is 35.6 Å². The number of benzene rings is 1. The molecule has 2 aromatic heterocycles. The molecule has 2 atom stereocenters. The van der Waals surface area contributed by atoms with Gasteiger partial charge in [-0.3, -0.25) is 10.2 Å². The minimum absolute atomic E-state index is 0.0873. The van der Waals surface area contributed by atoms with Crippen molar-refractivity contribution in [3.63, 3.8) is 0 Å². The van der Waals surface area contributed by atoms with Crippen LogP contribution in [0.1, 0.15) is 40.2 Å². The Hall–Kier alpha value is -3.70. The number of ether oxygens (including phenoxy) is 4. The number of hydrogen-bond donors (Lipinski definition) is 1. The maximum absolute atomic E-state index is 15.8. The molecule has 4 heterocycles. The first-order valence-corrected chi connectivity index (χ1v) is 13.8. The summed E-state index contributed by atoms with van der Waals surface area (Å²) in [5.74, 6) is -0.0877. The molecule has 12 heteroatoms. The average Bonchev–Trinajstić information content (AvgIpc) is 3.32. The van der Waals surface area contributed by atoms with Crippen LogP contribution in [0.15, 0.2) is 24.5 Å². The Bertz CT molecular complexity index is 1510. The van der Waals surface area contributed by atoms with Gasteiger partial charge in [0.05, 0.1) is 24.8 Å². The third-order valence-electron chi connectivity index (χ3n) is 6.89. The van der Waals surface area contributed by atoms with Gasteiger partial charge < -0.3 is 18.9 Å². The van der Waals surface area contributed by atoms with E-state index in [0.717, 1.165) is 0 Å². The Morgan fingerprint density at radius 1 is 1.20 bits per heavy atom. The van der Waals surface area contributed by atoms with Crippen LogP contribution < -0.4 is 15.0 Å². The highest BCUT2D eigenvalue weighted by atomic mass is 35.5. The van der Waals surface area contributed by atoms with Crippen molar-refractivity contribution < 1.29 is 32.9 Å². The van der Waals surface area contributed by atoms with Gasteiger partial charge in [0.2, 0.25) is 5.88 Å². The zero-order valence-corrected chi connectivity index (χ0v) is 24.3. The van der Waals surface area contributed by atoms with E-state index >= 15 is 4.39 Å². The van der Waals surface area contributed by atoms with Gasteiger partial charge in [-0.2, -0.15) is 0 Å². The van der Waals surface area contributed by atoms with Crippen molar-refractivity contribution in [2.24, 2.45) is 5.92 Å². The van der Waals surface area contributed by atoms with Gasteiger partial charge in [0, 0.05) is 34.8 Å². The van der Waals surface area contributed by atoms with Crippen molar-refractivity contribution in [1.82, 2.24) is 9.97 Å². The van der Waals surface area contributed by atoms with Crippen LogP contribution in [-0.4, -0.2) is 60.2 Å². The molecule has 0 saturated carbocycles. The summed E-state index contributed by atoms with van der Waals surface area (Å²) in [5, 5.41) is 3.40. The number of rotatable bonds is 4. The number of anilines is 2. The molecule has 1 N–H and O–H groups in total. The van der Waals surface area contributed by atoms with E-state index in [1.165, 1.54) is 17.3 Å². The van der Waals surface area contributed by atoms with Gasteiger partial charge in [-0.15, -0.1) is 0 Å². The van der Waals surface area contributed by atoms with Crippen LogP contribution in [0.2, 0.25) is 5.02 Å². The number of carbonyl (C=O) groups excluding carboxylic acids is 2. The number of halogens is 2. The molecule has 0 bridgehead atoms. The van der Waals surface area contributed by atoms with Gasteiger partial charge in [-0.25, -0.2) is 23.9 Å². The van der Waals surface area contributed by atoms with E-state index in [0.29, 0.717) is 47.2 Å². The van der Waals surface area contributed by atoms with Crippen LogP contribution in [0.5, 0.6) is 5.88 Å². The number of fused-ring (bicyclic) bond motifs is 2. The molecule has 1 fully saturated rings. The van der Waals surface area contributed by atoms with Crippen LogP contribution in [0.3, 0.4) is 0 Å². The monoisotopic (exact) mass is 586 g/mol. The lowest BCUT2D eigenvalue weighted by atomic mass is 9.95. The molecule has 41 heavy (non-hydrogen) atoms. The Labute approximate surface area is 242 Å². The number of pyridine rings is 2. The van der Waals surface area contributed by atoms with E-state index in [4.69, 9.17) is 30.5 Å². The summed E-state index contributed by atoms with van der Waals surface area (Å²) in [6.45, 7) is 10.6. The number of nitrogens with zero attached hydrogens (tertiary/aromatic N) is 3. The maximum atomic E-state index is 15.8. The molecule has 3 aromatic rings. The molecule has 2 aliphatic heterocycles. The van der Waals surface area contributed by atoms with Crippen molar-refractivity contribution in [3.8, 4) is 17.0 Å². The maximum Gasteiger partial charge on any atom is 0.415 e. The van der Waals surface area contributed by atoms with Gasteiger partial charge in [0.15, 0.2) is 0 Å². The molecule has 2 aliphatic rings. The fraction of sp³-hybridized carbons (Fsp3) is 0.448. The molecular weight excluding hydrogens is 555 g/mol. The molecule has 5 rings (SSSR count). The van der Waals surface area contributed by atoms with E-state index in [1.807, 2.05) is 13.8 Å². The van der Waals surface area contributed by atoms with Crippen molar-refractivity contribution in [1.29, 1.82) is 0 Å². The van der Waals surface area contributed by atoms with E-state index in [-0.39, 0.29) is 47.5 Å². The van der Waals surface area contributed by atoms with Gasteiger partial charge in [-0.05, 0) is 50.3 Å². The first-order valence-electron chi connectivity index (χ1n) is 13.5. The number of amides is 2. The summed E-state index contributed by atoms with van der Waals surface area (Å²) >= 11 is 6.49. The molecule has 0 aliphatic carbocycles. The van der Waals surface area contributed by atoms with Crippen molar-refractivity contribution >= 4 is 46.1 Å². The van der Waals surface area contributed by atoms with Crippen LogP contribution in [0.25, 0.3) is 21.9 Å². The number of carbonyl (C=O) groups is 2. The Kier molecular flexibility index (Phi) is 7.93. The molecule has 218 valence electrons. The SMILES string of the molecule is CCc1c(-c2cc3cc(NC(=O)O[C@H]4COC[C@@H]4C)ncc3c(Cl)c2F)cnc2c1N(C(=O)OC(C)(C)C)CCO2. The van der Waals surface area contributed by atoms with Crippen molar-refractivity contribution in [2.75, 3.05) is 36.6 Å². The molecule has 0 spiro atoms.